The Kier molecular flexibility index (Phi) is 29.4. The molecule has 0 aromatic heterocycles. The minimum atomic E-state index is 0. The summed E-state index contributed by atoms with van der Waals surface area (Å²) in [6.07, 6.45) is 0. The summed E-state index contributed by atoms with van der Waals surface area (Å²) in [6, 6.07) is 1.25. The zero-order valence-electron chi connectivity index (χ0n) is 1.88. The molecule has 2 nitrogen and oxygen atoms in total. The molecule has 4 heavy (non-hydrogen) atoms. The maximum absolute atomic E-state index is 5.62. The molecule has 0 bridgehead atoms. The van der Waals surface area contributed by atoms with Crippen molar-refractivity contribution in [1.29, 1.82) is 10.8 Å². The summed E-state index contributed by atoms with van der Waals surface area (Å²) in [5.74, 6) is 0. The van der Waals surface area contributed by atoms with Crippen molar-refractivity contribution in [3.05, 3.63) is 0 Å². The van der Waals surface area contributed by atoms with Gasteiger partial charge in [-0.25, -0.2) is 10.8 Å². The Morgan fingerprint density at radius 1 is 1.25 bits per heavy atom. The first-order chi connectivity index (χ1) is 1.41. The topological polar surface area (TPSA) is 47.7 Å². The van der Waals surface area contributed by atoms with Crippen molar-refractivity contribution in [1.82, 2.24) is 0 Å². The molecule has 23 valence electrons. The third-order valence-corrected chi connectivity index (χ3v) is 0. The Morgan fingerprint density at radius 3 is 1.25 bits per heavy atom. The zero-order chi connectivity index (χ0) is 2.71. The predicted molar refractivity (Wildman–Crippen MR) is 10.4 cm³/mol. The number of nitrogens with one attached hydrogen (secondary N) is 2. The molecule has 0 aliphatic heterocycles. The molecule has 0 atom stereocenters. The number of hydrogen-bond donors (Lipinski definition) is 2. The normalized spacial score (nSPS) is 2.00. The van der Waals surface area contributed by atoms with E-state index in [1.807, 2.05) is 0 Å². The Bertz CT molecular complexity index is 27.0. The molecule has 0 aromatic rings. The smallest absolute Gasteiger partial charge is 0.0831 e. The van der Waals surface area contributed by atoms with Gasteiger partial charge in [-0.2, -0.15) is 0 Å². The summed E-state index contributed by atoms with van der Waals surface area (Å²) in [7, 11) is 0. The maximum atomic E-state index is 5.62. The van der Waals surface area contributed by atoms with E-state index in [0.29, 0.717) is 0 Å². The Morgan fingerprint density at radius 2 is 1.25 bits per heavy atom. The van der Waals surface area contributed by atoms with Gasteiger partial charge in [-0.3, -0.25) is 0 Å². The third-order valence-electron chi connectivity index (χ3n) is 0. The van der Waals surface area contributed by atoms with Crippen LogP contribution in [0.4, 0.5) is 0 Å². The second-order valence-corrected chi connectivity index (χ2v) is 0.125. The van der Waals surface area contributed by atoms with Crippen LogP contribution in [0.5, 0.6) is 0 Å². The fraction of sp³-hybridized carbons (Fsp3) is 0. The molecule has 0 aromatic carbocycles. The van der Waals surface area contributed by atoms with Crippen molar-refractivity contribution >= 4 is 6.01 Å². The molecule has 3 heteroatoms. The van der Waals surface area contributed by atoms with E-state index in [2.05, 4.69) is 0 Å². The molecule has 0 spiro atoms. The van der Waals surface area contributed by atoms with E-state index in [-0.39, 0.29) is 17.1 Å². The average Bonchev–Trinajstić information content (AvgIpc) is 0.918. The van der Waals surface area contributed by atoms with Crippen LogP contribution in [0.3, 0.4) is 0 Å². The molecular formula is CH2MnN2. The van der Waals surface area contributed by atoms with Crippen LogP contribution in [0.1, 0.15) is 0 Å². The SMILES string of the molecule is N=C=N.[Mn]. The molecule has 0 fully saturated rings. The number of rotatable bonds is 0. The van der Waals surface area contributed by atoms with Gasteiger partial charge in [0.2, 0.25) is 0 Å². The van der Waals surface area contributed by atoms with E-state index in [0.717, 1.165) is 0 Å². The monoisotopic (exact) mass is 97.0 g/mol. The van der Waals surface area contributed by atoms with Gasteiger partial charge in [0.15, 0.2) is 0 Å². The molecule has 0 amide bonds. The summed E-state index contributed by atoms with van der Waals surface area (Å²) < 4.78 is 0. The van der Waals surface area contributed by atoms with E-state index in [1.54, 1.807) is 0 Å². The van der Waals surface area contributed by atoms with Gasteiger partial charge < -0.3 is 0 Å². The first-order valence-corrected chi connectivity index (χ1v) is 0.500. The van der Waals surface area contributed by atoms with E-state index in [9.17, 15) is 0 Å². The van der Waals surface area contributed by atoms with Crippen LogP contribution in [0.15, 0.2) is 0 Å². The van der Waals surface area contributed by atoms with E-state index in [1.165, 1.54) is 6.01 Å². The molecule has 0 aliphatic rings. The van der Waals surface area contributed by atoms with Gasteiger partial charge in [-0.1, -0.05) is 0 Å². The van der Waals surface area contributed by atoms with E-state index >= 15 is 0 Å². The van der Waals surface area contributed by atoms with E-state index < -0.39 is 0 Å². The summed E-state index contributed by atoms with van der Waals surface area (Å²) in [5, 5.41) is 11.2. The largest absolute Gasteiger partial charge is 0.242 e. The summed E-state index contributed by atoms with van der Waals surface area (Å²) >= 11 is 0. The second-order valence-electron chi connectivity index (χ2n) is 0.125. The van der Waals surface area contributed by atoms with Gasteiger partial charge in [0.1, 0.15) is 0 Å². The van der Waals surface area contributed by atoms with Crippen molar-refractivity contribution < 1.29 is 17.1 Å². The Balaban J connectivity index is 0. The van der Waals surface area contributed by atoms with E-state index in [4.69, 9.17) is 10.8 Å². The summed E-state index contributed by atoms with van der Waals surface area (Å²) in [5.41, 5.74) is 0. The molecule has 0 saturated carbocycles. The molecular weight excluding hydrogens is 95.0 g/mol. The van der Waals surface area contributed by atoms with Crippen LogP contribution < -0.4 is 0 Å². The first-order valence-electron chi connectivity index (χ1n) is 0.500. The fourth-order valence-corrected chi connectivity index (χ4v) is 0. The molecule has 0 saturated heterocycles. The van der Waals surface area contributed by atoms with Crippen LogP contribution in [0.25, 0.3) is 0 Å². The third kappa shape index (κ3) is 152. The fourth-order valence-electron chi connectivity index (χ4n) is 0. The van der Waals surface area contributed by atoms with Crippen LogP contribution in [0, 0.1) is 10.8 Å². The summed E-state index contributed by atoms with van der Waals surface area (Å²) in [6.45, 7) is 0. The van der Waals surface area contributed by atoms with Crippen LogP contribution in [-0.4, -0.2) is 6.01 Å². The van der Waals surface area contributed by atoms with Crippen LogP contribution in [0.2, 0.25) is 0 Å². The van der Waals surface area contributed by atoms with Gasteiger partial charge in [0.05, 0.1) is 6.01 Å². The van der Waals surface area contributed by atoms with Gasteiger partial charge in [-0.05, 0) is 0 Å². The molecule has 2 N–H and O–H groups in total. The first kappa shape index (κ1) is 9.09. The minimum Gasteiger partial charge on any atom is -0.242 e. The standard InChI is InChI=1S/CH2N2.Mn/c2-1-3;/h2-3H;. The molecule has 0 aliphatic carbocycles. The quantitative estimate of drug-likeness (QED) is 0.323. The predicted octanol–water partition coefficient (Wildman–Crippen LogP) is 0.315. The molecule has 0 heterocycles. The van der Waals surface area contributed by atoms with Gasteiger partial charge in [-0.15, -0.1) is 0 Å². The Labute approximate surface area is 34.7 Å². The maximum Gasteiger partial charge on any atom is 0.0831 e. The number of hydrogen-bond acceptors (Lipinski definition) is 2. The van der Waals surface area contributed by atoms with Crippen molar-refractivity contribution in [2.75, 3.05) is 0 Å². The van der Waals surface area contributed by atoms with Gasteiger partial charge in [0.25, 0.3) is 0 Å². The average molecular weight is 97.0 g/mol. The van der Waals surface area contributed by atoms with Crippen molar-refractivity contribution in [2.45, 2.75) is 0 Å². The Hall–Kier alpha value is -0.101. The van der Waals surface area contributed by atoms with Crippen molar-refractivity contribution in [2.24, 2.45) is 0 Å². The van der Waals surface area contributed by atoms with Gasteiger partial charge >= 0.3 is 0 Å². The zero-order valence-corrected chi connectivity index (χ0v) is 3.06. The van der Waals surface area contributed by atoms with Crippen LogP contribution in [-0.2, 0) is 17.1 Å². The molecule has 1 radical (unpaired) electrons. The molecule has 0 rings (SSSR count). The summed E-state index contributed by atoms with van der Waals surface area (Å²) in [4.78, 5) is 0. The van der Waals surface area contributed by atoms with Crippen molar-refractivity contribution in [3.8, 4) is 0 Å². The van der Waals surface area contributed by atoms with Crippen LogP contribution >= 0.6 is 0 Å². The van der Waals surface area contributed by atoms with Crippen molar-refractivity contribution in [3.63, 3.8) is 0 Å². The van der Waals surface area contributed by atoms with Gasteiger partial charge in [0, 0.05) is 17.1 Å². The molecule has 0 unspecified atom stereocenters. The second kappa shape index (κ2) is 12.9. The minimum absolute atomic E-state index is 0.